The van der Waals surface area contributed by atoms with Crippen LogP contribution in [0.3, 0.4) is 0 Å². The molecule has 8 nitrogen and oxygen atoms in total. The molecule has 0 radical (unpaired) electrons. The second kappa shape index (κ2) is 13.6. The van der Waals surface area contributed by atoms with Crippen LogP contribution in [0.4, 0.5) is 5.69 Å². The molecule has 3 aromatic carbocycles. The molecule has 0 saturated heterocycles. The second-order valence-corrected chi connectivity index (χ2v) is 13.1. The zero-order chi connectivity index (χ0) is 30.4. The highest BCUT2D eigenvalue weighted by molar-refractivity contribution is 7.92. The highest BCUT2D eigenvalue weighted by atomic mass is 35.5. The summed E-state index contributed by atoms with van der Waals surface area (Å²) in [5.74, 6) is -0.264. The molecule has 0 spiro atoms. The van der Waals surface area contributed by atoms with Gasteiger partial charge in [-0.25, -0.2) is 8.42 Å². The third-order valence-electron chi connectivity index (χ3n) is 6.20. The maximum absolute atomic E-state index is 14.1. The van der Waals surface area contributed by atoms with Crippen LogP contribution in [0.2, 0.25) is 10.0 Å². The van der Waals surface area contributed by atoms with Gasteiger partial charge in [0.1, 0.15) is 18.3 Å². The van der Waals surface area contributed by atoms with E-state index in [2.05, 4.69) is 5.32 Å². The molecule has 3 aromatic rings. The summed E-state index contributed by atoms with van der Waals surface area (Å²) in [6, 6.07) is 18.4. The van der Waals surface area contributed by atoms with Crippen molar-refractivity contribution in [2.75, 3.05) is 18.0 Å². The summed E-state index contributed by atoms with van der Waals surface area (Å²) in [7, 11) is -2.65. The lowest BCUT2D eigenvalue weighted by atomic mass is 10.1. The van der Waals surface area contributed by atoms with Crippen LogP contribution >= 0.6 is 23.2 Å². The number of carbonyl (C=O) groups excluding carboxylic acids is 2. The van der Waals surface area contributed by atoms with Gasteiger partial charge >= 0.3 is 0 Å². The fourth-order valence-corrected chi connectivity index (χ4v) is 5.91. The summed E-state index contributed by atoms with van der Waals surface area (Å²) in [6.07, 6.45) is 0.308. The maximum atomic E-state index is 14.1. The van der Waals surface area contributed by atoms with Gasteiger partial charge in [-0.15, -0.1) is 0 Å². The molecule has 1 atom stereocenters. The van der Waals surface area contributed by atoms with Crippen LogP contribution in [0, 0.1) is 0 Å². The average molecular weight is 621 g/mol. The number of rotatable bonds is 11. The number of carbonyl (C=O) groups is 2. The minimum atomic E-state index is -4.21. The summed E-state index contributed by atoms with van der Waals surface area (Å²) >= 11 is 12.4. The molecular formula is C30H35Cl2N3O5S. The number of ether oxygens (including phenoxy) is 1. The topological polar surface area (TPSA) is 96.0 Å². The van der Waals surface area contributed by atoms with Crippen molar-refractivity contribution in [2.24, 2.45) is 0 Å². The number of sulfonamides is 1. The summed E-state index contributed by atoms with van der Waals surface area (Å²) in [6.45, 7) is 6.85. The second-order valence-electron chi connectivity index (χ2n) is 10.5. The van der Waals surface area contributed by atoms with Crippen molar-refractivity contribution in [2.45, 2.75) is 57.1 Å². The molecule has 0 aliphatic carbocycles. The standard InChI is InChI=1S/C30H35Cl2N3O5S/c1-6-27(29(37)33-30(2,3)4)34(19-21-12-15-23(40-5)16-13-21)28(36)20-35(22-14-17-25(31)26(32)18-22)41(38,39)24-10-8-7-9-11-24/h7-18,27H,6,19-20H2,1-5H3,(H,33,37)/t27-/m1/s1. The van der Waals surface area contributed by atoms with E-state index in [0.717, 1.165) is 9.87 Å². The van der Waals surface area contributed by atoms with E-state index in [-0.39, 0.29) is 33.1 Å². The number of amides is 2. The van der Waals surface area contributed by atoms with Crippen LogP contribution < -0.4 is 14.4 Å². The first kappa shape index (κ1) is 32.2. The van der Waals surface area contributed by atoms with Crippen molar-refractivity contribution in [3.8, 4) is 5.75 Å². The molecule has 3 rings (SSSR count). The van der Waals surface area contributed by atoms with Crippen LogP contribution in [-0.4, -0.2) is 50.4 Å². The van der Waals surface area contributed by atoms with Crippen molar-refractivity contribution in [3.05, 3.63) is 88.4 Å². The molecule has 0 aromatic heterocycles. The summed E-state index contributed by atoms with van der Waals surface area (Å²) < 4.78 is 34.0. The van der Waals surface area contributed by atoms with Crippen LogP contribution in [0.5, 0.6) is 5.75 Å². The van der Waals surface area contributed by atoms with Crippen LogP contribution in [0.1, 0.15) is 39.7 Å². The Morgan fingerprint density at radius 2 is 1.59 bits per heavy atom. The van der Waals surface area contributed by atoms with E-state index in [9.17, 15) is 18.0 Å². The number of benzene rings is 3. The maximum Gasteiger partial charge on any atom is 0.264 e. The van der Waals surface area contributed by atoms with E-state index < -0.39 is 34.1 Å². The van der Waals surface area contributed by atoms with Gasteiger partial charge in [0.25, 0.3) is 10.0 Å². The number of halogens is 2. The van der Waals surface area contributed by atoms with Crippen molar-refractivity contribution < 1.29 is 22.7 Å². The molecule has 0 aliphatic rings. The third kappa shape index (κ3) is 8.38. The highest BCUT2D eigenvalue weighted by Gasteiger charge is 2.34. The molecule has 0 aliphatic heterocycles. The number of anilines is 1. The molecule has 11 heteroatoms. The molecule has 2 amide bonds. The highest BCUT2D eigenvalue weighted by Crippen LogP contribution is 2.31. The quantitative estimate of drug-likeness (QED) is 0.287. The Labute approximate surface area is 252 Å². The van der Waals surface area contributed by atoms with Crippen LogP contribution in [0.25, 0.3) is 0 Å². The Morgan fingerprint density at radius 1 is 0.951 bits per heavy atom. The smallest absolute Gasteiger partial charge is 0.264 e. The first-order chi connectivity index (χ1) is 19.3. The van der Waals surface area contributed by atoms with Gasteiger partial charge in [0.15, 0.2) is 0 Å². The monoisotopic (exact) mass is 619 g/mol. The lowest BCUT2D eigenvalue weighted by molar-refractivity contribution is -0.141. The molecule has 220 valence electrons. The average Bonchev–Trinajstić information content (AvgIpc) is 2.92. The van der Waals surface area contributed by atoms with E-state index in [1.807, 2.05) is 20.8 Å². The zero-order valence-corrected chi connectivity index (χ0v) is 26.1. The summed E-state index contributed by atoms with van der Waals surface area (Å²) in [5, 5.41) is 3.32. The van der Waals surface area contributed by atoms with Crippen LogP contribution in [-0.2, 0) is 26.2 Å². The molecule has 1 N–H and O–H groups in total. The largest absolute Gasteiger partial charge is 0.497 e. The molecule has 0 heterocycles. The Kier molecular flexibility index (Phi) is 10.7. The molecule has 41 heavy (non-hydrogen) atoms. The van der Waals surface area contributed by atoms with Gasteiger partial charge < -0.3 is 15.0 Å². The molecule has 0 unspecified atom stereocenters. The number of methoxy groups -OCH3 is 1. The van der Waals surface area contributed by atoms with E-state index in [0.29, 0.717) is 12.2 Å². The SMILES string of the molecule is CC[C@H](C(=O)NC(C)(C)C)N(Cc1ccc(OC)cc1)C(=O)CN(c1ccc(Cl)c(Cl)c1)S(=O)(=O)c1ccccc1. The van der Waals surface area contributed by atoms with Crippen LogP contribution in [0.15, 0.2) is 77.7 Å². The van der Waals surface area contributed by atoms with Gasteiger partial charge in [0, 0.05) is 12.1 Å². The van der Waals surface area contributed by atoms with Gasteiger partial charge in [0.05, 0.1) is 27.7 Å². The third-order valence-corrected chi connectivity index (χ3v) is 8.72. The predicted octanol–water partition coefficient (Wildman–Crippen LogP) is 5.92. The van der Waals surface area contributed by atoms with Gasteiger partial charge in [-0.05, 0) is 75.2 Å². The Morgan fingerprint density at radius 3 is 2.12 bits per heavy atom. The van der Waals surface area contributed by atoms with Crippen molar-refractivity contribution in [1.82, 2.24) is 10.2 Å². The number of hydrogen-bond acceptors (Lipinski definition) is 5. The molecular weight excluding hydrogens is 585 g/mol. The zero-order valence-electron chi connectivity index (χ0n) is 23.7. The first-order valence-electron chi connectivity index (χ1n) is 13.0. The van der Waals surface area contributed by atoms with Crippen molar-refractivity contribution >= 4 is 50.7 Å². The minimum absolute atomic E-state index is 0.00176. The Hall–Kier alpha value is -3.27. The lowest BCUT2D eigenvalue weighted by Crippen LogP contribution is -2.55. The normalized spacial score (nSPS) is 12.4. The molecule has 0 fully saturated rings. The Balaban J connectivity index is 2.08. The number of nitrogens with zero attached hydrogens (tertiary/aromatic N) is 2. The van der Waals surface area contributed by atoms with E-state index >= 15 is 0 Å². The number of hydrogen-bond donors (Lipinski definition) is 1. The first-order valence-corrected chi connectivity index (χ1v) is 15.2. The Bertz CT molecular complexity index is 1460. The van der Waals surface area contributed by atoms with Gasteiger partial charge in [-0.2, -0.15) is 0 Å². The number of nitrogens with one attached hydrogen (secondary N) is 1. The lowest BCUT2D eigenvalue weighted by Gasteiger charge is -2.34. The van der Waals surface area contributed by atoms with Gasteiger partial charge in [0.2, 0.25) is 11.8 Å². The van der Waals surface area contributed by atoms with E-state index in [4.69, 9.17) is 27.9 Å². The summed E-state index contributed by atoms with van der Waals surface area (Å²) in [5.41, 5.74) is 0.364. The summed E-state index contributed by atoms with van der Waals surface area (Å²) in [4.78, 5) is 28.9. The van der Waals surface area contributed by atoms with E-state index in [1.165, 1.54) is 35.2 Å². The van der Waals surface area contributed by atoms with Crippen molar-refractivity contribution in [1.29, 1.82) is 0 Å². The molecule has 0 saturated carbocycles. The predicted molar refractivity (Wildman–Crippen MR) is 163 cm³/mol. The minimum Gasteiger partial charge on any atom is -0.497 e. The fourth-order valence-electron chi connectivity index (χ4n) is 4.19. The van der Waals surface area contributed by atoms with Crippen molar-refractivity contribution in [3.63, 3.8) is 0 Å². The van der Waals surface area contributed by atoms with E-state index in [1.54, 1.807) is 56.5 Å². The fraction of sp³-hybridized carbons (Fsp3) is 0.333. The molecule has 0 bridgehead atoms. The van der Waals surface area contributed by atoms with Gasteiger partial charge in [-0.1, -0.05) is 60.5 Å². The van der Waals surface area contributed by atoms with Gasteiger partial charge in [-0.3, -0.25) is 13.9 Å².